The van der Waals surface area contributed by atoms with Crippen LogP contribution in [0.4, 0.5) is 13.2 Å². The van der Waals surface area contributed by atoms with Gasteiger partial charge in [-0.15, -0.1) is 0 Å². The Morgan fingerprint density at radius 1 is 1.06 bits per heavy atom. The van der Waals surface area contributed by atoms with Crippen molar-refractivity contribution in [2.24, 2.45) is 0 Å². The highest BCUT2D eigenvalue weighted by molar-refractivity contribution is 7.98. The average Bonchev–Trinajstić information content (AvgIpc) is 2.49. The highest BCUT2D eigenvalue weighted by Crippen LogP contribution is 2.31. The summed E-state index contributed by atoms with van der Waals surface area (Å²) in [5, 5.41) is 0. The lowest BCUT2D eigenvalue weighted by atomic mass is 10.1. The lowest BCUT2D eigenvalue weighted by molar-refractivity contribution is -0.105. The van der Waals surface area contributed by atoms with Gasteiger partial charge < -0.3 is 0 Å². The van der Waals surface area contributed by atoms with Crippen molar-refractivity contribution in [1.82, 2.24) is 4.31 Å². The first-order chi connectivity index (χ1) is 7.90. The molecule has 2 rings (SSSR count). The van der Waals surface area contributed by atoms with Crippen LogP contribution >= 0.6 is 11.9 Å². The molecule has 1 aromatic rings. The molecule has 0 radical (unpaired) electrons. The van der Waals surface area contributed by atoms with Crippen molar-refractivity contribution in [3.05, 3.63) is 35.4 Å². The minimum atomic E-state index is -4.42. The molecule has 2 amide bonds. The second kappa shape index (κ2) is 4.06. The van der Waals surface area contributed by atoms with Crippen LogP contribution in [0.1, 0.15) is 20.7 Å². The van der Waals surface area contributed by atoms with Gasteiger partial charge in [0.25, 0.3) is 11.8 Å². The second-order valence-electron chi connectivity index (χ2n) is 3.34. The largest absolute Gasteiger partial charge is 0.399 e. The van der Waals surface area contributed by atoms with E-state index in [4.69, 9.17) is 0 Å². The normalized spacial score (nSPS) is 15.4. The van der Waals surface area contributed by atoms with Crippen molar-refractivity contribution in [3.63, 3.8) is 0 Å². The van der Waals surface area contributed by atoms with E-state index in [0.29, 0.717) is 4.31 Å². The van der Waals surface area contributed by atoms with Crippen LogP contribution in [0, 0.1) is 0 Å². The van der Waals surface area contributed by atoms with Crippen LogP contribution in [0.15, 0.2) is 24.3 Å². The molecule has 0 saturated heterocycles. The highest BCUT2D eigenvalue weighted by Gasteiger charge is 2.38. The van der Waals surface area contributed by atoms with E-state index in [1.807, 2.05) is 0 Å². The van der Waals surface area contributed by atoms with Gasteiger partial charge in [-0.2, -0.15) is 13.2 Å². The number of benzene rings is 1. The van der Waals surface area contributed by atoms with E-state index in [1.54, 1.807) is 12.1 Å². The van der Waals surface area contributed by atoms with Crippen molar-refractivity contribution in [3.8, 4) is 0 Å². The van der Waals surface area contributed by atoms with Crippen LogP contribution in [0.2, 0.25) is 0 Å². The Morgan fingerprint density at radius 3 is 1.94 bits per heavy atom. The molecule has 1 aliphatic rings. The first-order valence-corrected chi connectivity index (χ1v) is 5.52. The molecule has 0 aliphatic carbocycles. The summed E-state index contributed by atoms with van der Waals surface area (Å²) in [6.45, 7) is 0. The molecule has 0 bridgehead atoms. The minimum absolute atomic E-state index is 0.146. The number of rotatable bonds is 2. The molecule has 0 unspecified atom stereocenters. The molecule has 0 N–H and O–H groups in total. The maximum Gasteiger partial charge on any atom is 0.399 e. The zero-order chi connectivity index (χ0) is 12.6. The van der Waals surface area contributed by atoms with Crippen LogP contribution in [-0.4, -0.2) is 28.0 Å². The number of amides is 2. The molecule has 90 valence electrons. The van der Waals surface area contributed by atoms with E-state index in [9.17, 15) is 22.8 Å². The maximum absolute atomic E-state index is 12.0. The molecule has 3 nitrogen and oxygen atoms in total. The summed E-state index contributed by atoms with van der Waals surface area (Å²) in [6.07, 6.45) is -4.42. The summed E-state index contributed by atoms with van der Waals surface area (Å²) in [7, 11) is 0. The first kappa shape index (κ1) is 12.0. The maximum atomic E-state index is 12.0. The van der Waals surface area contributed by atoms with E-state index in [-0.39, 0.29) is 23.1 Å². The lowest BCUT2D eigenvalue weighted by Crippen LogP contribution is -2.25. The average molecular weight is 261 g/mol. The molecule has 0 aromatic heterocycles. The number of fused-ring (bicyclic) bond motifs is 1. The summed E-state index contributed by atoms with van der Waals surface area (Å²) >= 11 is 0.173. The Morgan fingerprint density at radius 2 is 1.53 bits per heavy atom. The van der Waals surface area contributed by atoms with E-state index in [2.05, 4.69) is 0 Å². The fourth-order valence-electron chi connectivity index (χ4n) is 1.42. The van der Waals surface area contributed by atoms with Crippen LogP contribution in [-0.2, 0) is 0 Å². The number of alkyl halides is 3. The Bertz CT molecular complexity index is 452. The van der Waals surface area contributed by atoms with Gasteiger partial charge in [0.15, 0.2) is 0 Å². The summed E-state index contributed by atoms with van der Waals surface area (Å²) in [5.74, 6) is -2.65. The number of carbonyl (C=O) groups excluding carboxylic acids is 2. The molecule has 0 saturated carbocycles. The van der Waals surface area contributed by atoms with Gasteiger partial charge in [-0.05, 0) is 24.1 Å². The molecule has 1 heterocycles. The van der Waals surface area contributed by atoms with Crippen molar-refractivity contribution >= 4 is 23.8 Å². The van der Waals surface area contributed by atoms with Gasteiger partial charge in [0.05, 0.1) is 11.1 Å². The van der Waals surface area contributed by atoms with E-state index < -0.39 is 23.7 Å². The van der Waals surface area contributed by atoms with Crippen molar-refractivity contribution in [2.75, 3.05) is 5.75 Å². The molecule has 17 heavy (non-hydrogen) atoms. The minimum Gasteiger partial charge on any atom is -0.268 e. The van der Waals surface area contributed by atoms with Gasteiger partial charge in [0, 0.05) is 0 Å². The molecule has 0 fully saturated rings. The molecule has 1 aromatic carbocycles. The van der Waals surface area contributed by atoms with Crippen molar-refractivity contribution in [2.45, 2.75) is 6.18 Å². The van der Waals surface area contributed by atoms with Crippen molar-refractivity contribution < 1.29 is 22.8 Å². The summed E-state index contributed by atoms with van der Waals surface area (Å²) in [4.78, 5) is 23.3. The van der Waals surface area contributed by atoms with Gasteiger partial charge >= 0.3 is 6.18 Å². The van der Waals surface area contributed by atoms with Crippen LogP contribution in [0.5, 0.6) is 0 Å². The topological polar surface area (TPSA) is 37.4 Å². The molecular weight excluding hydrogens is 255 g/mol. The fourth-order valence-corrected chi connectivity index (χ4v) is 2.13. The Kier molecular flexibility index (Phi) is 2.86. The van der Waals surface area contributed by atoms with Crippen LogP contribution in [0.3, 0.4) is 0 Å². The molecule has 1 aliphatic heterocycles. The standard InChI is InChI=1S/C10H6F3NO2S/c11-10(12,13)5-17-14-8(15)6-3-1-2-4-7(6)9(14)16/h1-4H,5H2. The number of imide groups is 1. The third kappa shape index (κ3) is 2.28. The summed E-state index contributed by atoms with van der Waals surface area (Å²) in [6, 6.07) is 5.96. The third-order valence-electron chi connectivity index (χ3n) is 2.11. The number of halogens is 3. The van der Waals surface area contributed by atoms with Gasteiger partial charge in [0.2, 0.25) is 0 Å². The number of nitrogens with zero attached hydrogens (tertiary/aromatic N) is 1. The lowest BCUT2D eigenvalue weighted by Gasteiger charge is -2.13. The predicted octanol–water partition coefficient (Wildman–Crippen LogP) is 2.49. The zero-order valence-electron chi connectivity index (χ0n) is 8.32. The number of hydrogen-bond acceptors (Lipinski definition) is 3. The number of carbonyl (C=O) groups is 2. The smallest absolute Gasteiger partial charge is 0.268 e. The molecule has 0 atom stereocenters. The summed E-state index contributed by atoms with van der Waals surface area (Å²) in [5.41, 5.74) is 0.291. The Hall–Kier alpha value is -1.50. The monoisotopic (exact) mass is 261 g/mol. The van der Waals surface area contributed by atoms with Gasteiger partial charge in [-0.25, -0.2) is 4.31 Å². The van der Waals surface area contributed by atoms with Gasteiger partial charge in [0.1, 0.15) is 5.75 Å². The predicted molar refractivity (Wildman–Crippen MR) is 55.5 cm³/mol. The zero-order valence-corrected chi connectivity index (χ0v) is 9.14. The molecular formula is C10H6F3NO2S. The van der Waals surface area contributed by atoms with E-state index >= 15 is 0 Å². The SMILES string of the molecule is O=C1c2ccccc2C(=O)N1SCC(F)(F)F. The third-order valence-corrected chi connectivity index (χ3v) is 3.16. The van der Waals surface area contributed by atoms with Gasteiger partial charge in [-0.1, -0.05) is 12.1 Å². The van der Waals surface area contributed by atoms with Gasteiger partial charge in [-0.3, -0.25) is 9.59 Å². The van der Waals surface area contributed by atoms with Crippen molar-refractivity contribution in [1.29, 1.82) is 0 Å². The highest BCUT2D eigenvalue weighted by atomic mass is 32.2. The quantitative estimate of drug-likeness (QED) is 0.606. The second-order valence-corrected chi connectivity index (χ2v) is 4.25. The Labute approximate surface area is 98.7 Å². The first-order valence-electron chi connectivity index (χ1n) is 4.57. The molecule has 0 spiro atoms. The van der Waals surface area contributed by atoms with Crippen LogP contribution < -0.4 is 0 Å². The molecule has 7 heteroatoms. The van der Waals surface area contributed by atoms with E-state index in [0.717, 1.165) is 0 Å². The number of hydrogen-bond donors (Lipinski definition) is 0. The Balaban J connectivity index is 2.19. The summed E-state index contributed by atoms with van der Waals surface area (Å²) < 4.78 is 36.6. The van der Waals surface area contributed by atoms with Crippen LogP contribution in [0.25, 0.3) is 0 Å². The fraction of sp³-hybridized carbons (Fsp3) is 0.200. The van der Waals surface area contributed by atoms with E-state index in [1.165, 1.54) is 12.1 Å².